The molecule has 30 heavy (non-hydrogen) atoms. The Hall–Kier alpha value is -1.54. The predicted molar refractivity (Wildman–Crippen MR) is 115 cm³/mol. The second-order valence-corrected chi connectivity index (χ2v) is 10.2. The largest absolute Gasteiger partial charge is 0.444 e. The molecular weight excluding hydrogens is 388 g/mol. The number of aliphatic hydroxyl groups excluding tert-OH is 2. The van der Waals surface area contributed by atoms with Gasteiger partial charge in [0.15, 0.2) is 0 Å². The topological polar surface area (TPSA) is 99.5 Å². The van der Waals surface area contributed by atoms with E-state index in [9.17, 15) is 19.8 Å². The van der Waals surface area contributed by atoms with E-state index in [2.05, 4.69) is 0 Å². The number of piperidine rings is 2. The van der Waals surface area contributed by atoms with Crippen LogP contribution in [0.5, 0.6) is 0 Å². The number of carbonyl (C=O) groups excluding carboxylic acids is 2. The molecule has 0 aromatic heterocycles. The van der Waals surface area contributed by atoms with Crippen LogP contribution >= 0.6 is 0 Å². The molecule has 0 spiro atoms. The molecule has 2 N–H and O–H groups in total. The van der Waals surface area contributed by atoms with Crippen LogP contribution in [0.15, 0.2) is 0 Å². The van der Waals surface area contributed by atoms with Crippen LogP contribution in [0.25, 0.3) is 0 Å². The number of hydrogen-bond donors (Lipinski definition) is 2. The molecule has 0 aromatic carbocycles. The molecule has 8 nitrogen and oxygen atoms in total. The Bertz CT molecular complexity index is 519. The van der Waals surface area contributed by atoms with E-state index in [1.165, 1.54) is 0 Å². The van der Waals surface area contributed by atoms with Gasteiger partial charge in [0.2, 0.25) is 0 Å². The van der Waals surface area contributed by atoms with Gasteiger partial charge in [-0.25, -0.2) is 9.59 Å². The molecule has 0 aliphatic carbocycles. The summed E-state index contributed by atoms with van der Waals surface area (Å²) >= 11 is 0. The zero-order chi connectivity index (χ0) is 23.3. The summed E-state index contributed by atoms with van der Waals surface area (Å²) < 4.78 is 10.5. The summed E-state index contributed by atoms with van der Waals surface area (Å²) in [7, 11) is 0. The number of rotatable bonds is 0. The van der Waals surface area contributed by atoms with E-state index in [0.29, 0.717) is 13.1 Å². The van der Waals surface area contributed by atoms with Gasteiger partial charge in [-0.3, -0.25) is 0 Å². The van der Waals surface area contributed by atoms with Crippen molar-refractivity contribution in [3.63, 3.8) is 0 Å². The number of hydrogen-bond acceptors (Lipinski definition) is 6. The molecule has 2 aliphatic heterocycles. The SMILES string of the molecule is C[C@@H]1[C@H](O)CCCN1C(=O)OC(C)(C)C.C[C@H]1[C@@H](O)CCCN1C(=O)OC(C)(C)C. The molecule has 2 saturated heterocycles. The van der Waals surface area contributed by atoms with E-state index < -0.39 is 23.4 Å². The first-order chi connectivity index (χ1) is 13.6. The van der Waals surface area contributed by atoms with Crippen LogP contribution in [0.3, 0.4) is 0 Å². The van der Waals surface area contributed by atoms with Crippen LogP contribution in [0.4, 0.5) is 9.59 Å². The van der Waals surface area contributed by atoms with Crippen molar-refractivity contribution in [2.75, 3.05) is 13.1 Å². The molecule has 176 valence electrons. The second-order valence-electron chi connectivity index (χ2n) is 10.2. The van der Waals surface area contributed by atoms with Crippen LogP contribution in [0.1, 0.15) is 81.1 Å². The van der Waals surface area contributed by atoms with Crippen molar-refractivity contribution in [2.45, 2.75) is 117 Å². The maximum absolute atomic E-state index is 11.8. The van der Waals surface area contributed by atoms with Crippen LogP contribution < -0.4 is 0 Å². The van der Waals surface area contributed by atoms with E-state index in [-0.39, 0.29) is 24.3 Å². The first kappa shape index (κ1) is 26.5. The Kier molecular flexibility index (Phi) is 9.42. The van der Waals surface area contributed by atoms with E-state index in [4.69, 9.17) is 9.47 Å². The molecule has 8 heteroatoms. The molecule has 0 unspecified atom stereocenters. The fourth-order valence-electron chi connectivity index (χ4n) is 3.40. The summed E-state index contributed by atoms with van der Waals surface area (Å²) in [6.07, 6.45) is 1.70. The minimum atomic E-state index is -0.473. The summed E-state index contributed by atoms with van der Waals surface area (Å²) in [6.45, 7) is 16.1. The summed E-state index contributed by atoms with van der Waals surface area (Å²) in [5.74, 6) is 0. The summed E-state index contributed by atoms with van der Waals surface area (Å²) in [6, 6.07) is -0.290. The van der Waals surface area contributed by atoms with E-state index >= 15 is 0 Å². The van der Waals surface area contributed by atoms with Crippen LogP contribution in [-0.4, -0.2) is 80.8 Å². The van der Waals surface area contributed by atoms with Crippen molar-refractivity contribution in [2.24, 2.45) is 0 Å². The van der Waals surface area contributed by atoms with Crippen molar-refractivity contribution in [3.05, 3.63) is 0 Å². The highest BCUT2D eigenvalue weighted by atomic mass is 16.6. The number of aliphatic hydroxyl groups is 2. The average molecular weight is 431 g/mol. The lowest BCUT2D eigenvalue weighted by atomic mass is 10.0. The van der Waals surface area contributed by atoms with Gasteiger partial charge in [-0.1, -0.05) is 0 Å². The lowest BCUT2D eigenvalue weighted by Gasteiger charge is -2.37. The Labute approximate surface area is 181 Å². The highest BCUT2D eigenvalue weighted by Gasteiger charge is 2.33. The smallest absolute Gasteiger partial charge is 0.410 e. The molecule has 2 fully saturated rings. The minimum absolute atomic E-state index is 0.145. The van der Waals surface area contributed by atoms with Gasteiger partial charge in [0, 0.05) is 13.1 Å². The molecule has 2 rings (SSSR count). The maximum atomic E-state index is 11.8. The van der Waals surface area contributed by atoms with Gasteiger partial charge in [-0.15, -0.1) is 0 Å². The number of amides is 2. The minimum Gasteiger partial charge on any atom is -0.444 e. The van der Waals surface area contributed by atoms with Gasteiger partial charge in [0.25, 0.3) is 0 Å². The Morgan fingerprint density at radius 3 is 1.30 bits per heavy atom. The summed E-state index contributed by atoms with van der Waals surface area (Å²) in [4.78, 5) is 26.7. The standard InChI is InChI=1S/2C11H21NO3/c2*1-8-9(13)6-5-7-12(8)10(14)15-11(2,3)4/h2*8-9,13H,5-7H2,1-4H3/t2*8-,9-/m10/s1. The second kappa shape index (κ2) is 10.7. The van der Waals surface area contributed by atoms with Gasteiger partial charge >= 0.3 is 12.2 Å². The lowest BCUT2D eigenvalue weighted by molar-refractivity contribution is -0.0185. The van der Waals surface area contributed by atoms with E-state index in [1.807, 2.05) is 55.4 Å². The molecule has 2 aliphatic rings. The third-order valence-electron chi connectivity index (χ3n) is 5.15. The van der Waals surface area contributed by atoms with Crippen molar-refractivity contribution < 1.29 is 29.3 Å². The van der Waals surface area contributed by atoms with Crippen molar-refractivity contribution in [3.8, 4) is 0 Å². The highest BCUT2D eigenvalue weighted by Crippen LogP contribution is 2.21. The number of carbonyl (C=O) groups is 2. The molecule has 2 heterocycles. The first-order valence-electron chi connectivity index (χ1n) is 11.0. The normalized spacial score (nSPS) is 27.7. The van der Waals surface area contributed by atoms with Gasteiger partial charge < -0.3 is 29.5 Å². The number of ether oxygens (including phenoxy) is 2. The fraction of sp³-hybridized carbons (Fsp3) is 0.909. The highest BCUT2D eigenvalue weighted by molar-refractivity contribution is 5.69. The van der Waals surface area contributed by atoms with Crippen LogP contribution in [0.2, 0.25) is 0 Å². The van der Waals surface area contributed by atoms with Crippen molar-refractivity contribution in [1.29, 1.82) is 0 Å². The van der Waals surface area contributed by atoms with Crippen molar-refractivity contribution in [1.82, 2.24) is 9.80 Å². The van der Waals surface area contributed by atoms with Gasteiger partial charge in [0.1, 0.15) is 11.2 Å². The Balaban J connectivity index is 0.000000300. The summed E-state index contributed by atoms with van der Waals surface area (Å²) in [5, 5.41) is 19.3. The Morgan fingerprint density at radius 1 is 0.733 bits per heavy atom. The molecule has 0 saturated carbocycles. The molecule has 0 bridgehead atoms. The quantitative estimate of drug-likeness (QED) is 0.610. The average Bonchev–Trinajstić information content (AvgIpc) is 2.57. The Morgan fingerprint density at radius 2 is 1.03 bits per heavy atom. The lowest BCUT2D eigenvalue weighted by Crippen LogP contribution is -2.50. The molecule has 2 amide bonds. The van der Waals surface area contributed by atoms with Crippen LogP contribution in [-0.2, 0) is 9.47 Å². The van der Waals surface area contributed by atoms with Gasteiger partial charge in [0.05, 0.1) is 24.3 Å². The molecule has 0 radical (unpaired) electrons. The first-order valence-corrected chi connectivity index (χ1v) is 11.0. The fourth-order valence-corrected chi connectivity index (χ4v) is 3.40. The molecule has 0 aromatic rings. The zero-order valence-corrected chi connectivity index (χ0v) is 20.0. The van der Waals surface area contributed by atoms with Gasteiger partial charge in [-0.2, -0.15) is 0 Å². The third-order valence-corrected chi connectivity index (χ3v) is 5.15. The predicted octanol–water partition coefficient (Wildman–Crippen LogP) is 3.53. The number of likely N-dealkylation sites (tertiary alicyclic amines) is 2. The van der Waals surface area contributed by atoms with E-state index in [0.717, 1.165) is 25.7 Å². The number of nitrogens with zero attached hydrogens (tertiary/aromatic N) is 2. The summed E-state index contributed by atoms with van der Waals surface area (Å²) in [5.41, 5.74) is -0.946. The van der Waals surface area contributed by atoms with E-state index in [1.54, 1.807) is 9.80 Å². The molecular formula is C22H42N2O6. The van der Waals surface area contributed by atoms with Crippen molar-refractivity contribution >= 4 is 12.2 Å². The zero-order valence-electron chi connectivity index (χ0n) is 20.0. The monoisotopic (exact) mass is 430 g/mol. The maximum Gasteiger partial charge on any atom is 0.410 e. The third kappa shape index (κ3) is 8.68. The van der Waals surface area contributed by atoms with Crippen LogP contribution in [0, 0.1) is 0 Å². The molecule has 4 atom stereocenters. The van der Waals surface area contributed by atoms with Gasteiger partial charge in [-0.05, 0) is 81.1 Å².